The van der Waals surface area contributed by atoms with Crippen LogP contribution in [0.5, 0.6) is 0 Å². The lowest BCUT2D eigenvalue weighted by Crippen LogP contribution is -2.28. The summed E-state index contributed by atoms with van der Waals surface area (Å²) in [4.78, 5) is 21.6. The molecule has 0 unspecified atom stereocenters. The van der Waals surface area contributed by atoms with Gasteiger partial charge < -0.3 is 14.2 Å². The molecule has 8 heteroatoms. The summed E-state index contributed by atoms with van der Waals surface area (Å²) in [5.41, 5.74) is 1.52. The van der Waals surface area contributed by atoms with Crippen LogP contribution in [0, 0.1) is 0 Å². The van der Waals surface area contributed by atoms with E-state index in [0.29, 0.717) is 22.4 Å². The Morgan fingerprint density at radius 1 is 1.24 bits per heavy atom. The van der Waals surface area contributed by atoms with Crippen LogP contribution in [-0.2, 0) is 16.1 Å². The second-order valence-corrected chi connectivity index (χ2v) is 5.69. The molecular formula is C17H15ClN4O3. The van der Waals surface area contributed by atoms with Gasteiger partial charge in [-0.25, -0.2) is 9.97 Å². The molecule has 0 radical (unpaired) electrons. The number of halogens is 1. The van der Waals surface area contributed by atoms with E-state index in [1.165, 1.54) is 0 Å². The summed E-state index contributed by atoms with van der Waals surface area (Å²) in [6.45, 7) is 0.0328. The molecule has 0 bridgehead atoms. The van der Waals surface area contributed by atoms with Gasteiger partial charge in [-0.1, -0.05) is 28.9 Å². The molecule has 0 saturated heterocycles. The monoisotopic (exact) mass is 358 g/mol. The van der Waals surface area contributed by atoms with Gasteiger partial charge in [-0.3, -0.25) is 4.79 Å². The Bertz CT molecular complexity index is 837. The molecule has 3 aromatic rings. The molecular weight excluding hydrogens is 344 g/mol. The van der Waals surface area contributed by atoms with Crippen molar-refractivity contribution in [3.05, 3.63) is 59.6 Å². The van der Waals surface area contributed by atoms with E-state index in [2.05, 4.69) is 15.1 Å². The Hall–Kier alpha value is -2.93. The van der Waals surface area contributed by atoms with Gasteiger partial charge in [0.2, 0.25) is 5.95 Å². The topological polar surface area (TPSA) is 81.4 Å². The third-order valence-corrected chi connectivity index (χ3v) is 3.59. The van der Waals surface area contributed by atoms with Crippen LogP contribution in [0.2, 0.25) is 5.02 Å². The van der Waals surface area contributed by atoms with Crippen molar-refractivity contribution in [3.63, 3.8) is 0 Å². The number of carbonyl (C=O) groups excluding carboxylic acids is 1. The summed E-state index contributed by atoms with van der Waals surface area (Å²) in [5, 5.41) is 4.61. The zero-order valence-electron chi connectivity index (χ0n) is 13.4. The summed E-state index contributed by atoms with van der Waals surface area (Å²) in [7, 11) is 1.71. The van der Waals surface area contributed by atoms with Crippen molar-refractivity contribution in [2.24, 2.45) is 0 Å². The molecule has 0 fully saturated rings. The number of anilines is 1. The lowest BCUT2D eigenvalue weighted by atomic mass is 10.1. The maximum atomic E-state index is 11.9. The van der Waals surface area contributed by atoms with Crippen molar-refractivity contribution < 1.29 is 14.1 Å². The molecule has 0 atom stereocenters. The zero-order chi connectivity index (χ0) is 17.6. The van der Waals surface area contributed by atoms with E-state index >= 15 is 0 Å². The molecule has 0 aliphatic heterocycles. The van der Waals surface area contributed by atoms with E-state index in [9.17, 15) is 4.79 Å². The Labute approximate surface area is 149 Å². The van der Waals surface area contributed by atoms with Crippen molar-refractivity contribution in [1.29, 1.82) is 0 Å². The summed E-state index contributed by atoms with van der Waals surface area (Å²) in [5.74, 6) is 0.487. The first-order valence-corrected chi connectivity index (χ1v) is 7.85. The van der Waals surface area contributed by atoms with Crippen LogP contribution in [-0.4, -0.2) is 34.7 Å². The van der Waals surface area contributed by atoms with Crippen LogP contribution >= 0.6 is 11.6 Å². The van der Waals surface area contributed by atoms with Crippen molar-refractivity contribution in [1.82, 2.24) is 15.1 Å². The number of rotatable bonds is 6. The Balaban J connectivity index is 1.53. The fraction of sp³-hybridized carbons (Fsp3) is 0.176. The van der Waals surface area contributed by atoms with Crippen LogP contribution in [0.15, 0.2) is 53.3 Å². The Morgan fingerprint density at radius 3 is 2.68 bits per heavy atom. The lowest BCUT2D eigenvalue weighted by molar-refractivity contribution is -0.143. The number of hydrogen-bond donors (Lipinski definition) is 0. The number of carbonyl (C=O) groups is 1. The van der Waals surface area contributed by atoms with Crippen LogP contribution in [0.3, 0.4) is 0 Å². The molecule has 0 amide bonds. The second kappa shape index (κ2) is 7.76. The van der Waals surface area contributed by atoms with Crippen molar-refractivity contribution in [2.45, 2.75) is 6.61 Å². The number of esters is 1. The van der Waals surface area contributed by atoms with Crippen LogP contribution < -0.4 is 4.90 Å². The number of ether oxygens (including phenoxy) is 1. The van der Waals surface area contributed by atoms with Crippen molar-refractivity contribution in [3.8, 4) is 11.3 Å². The SMILES string of the molecule is CN(CC(=O)OCc1cc(-c2ccc(Cl)cc2)no1)c1ncccn1. The lowest BCUT2D eigenvalue weighted by Gasteiger charge is -2.14. The molecule has 128 valence electrons. The molecule has 3 rings (SSSR count). The minimum atomic E-state index is -0.417. The first-order chi connectivity index (χ1) is 12.1. The van der Waals surface area contributed by atoms with Crippen LogP contribution in [0.25, 0.3) is 11.3 Å². The molecule has 0 saturated carbocycles. The van der Waals surface area contributed by atoms with E-state index in [-0.39, 0.29) is 13.2 Å². The number of hydrogen-bond acceptors (Lipinski definition) is 7. The smallest absolute Gasteiger partial charge is 0.326 e. The largest absolute Gasteiger partial charge is 0.456 e. The van der Waals surface area contributed by atoms with Crippen molar-refractivity contribution in [2.75, 3.05) is 18.5 Å². The van der Waals surface area contributed by atoms with Crippen LogP contribution in [0.1, 0.15) is 5.76 Å². The van der Waals surface area contributed by atoms with Gasteiger partial charge in [0.05, 0.1) is 0 Å². The number of nitrogens with zero attached hydrogens (tertiary/aromatic N) is 4. The van der Waals surface area contributed by atoms with E-state index in [1.54, 1.807) is 48.6 Å². The Morgan fingerprint density at radius 2 is 1.96 bits per heavy atom. The summed E-state index contributed by atoms with van der Waals surface area (Å²) < 4.78 is 10.4. The van der Waals surface area contributed by atoms with Crippen LogP contribution in [0.4, 0.5) is 5.95 Å². The van der Waals surface area contributed by atoms with Gasteiger partial charge >= 0.3 is 5.97 Å². The van der Waals surface area contributed by atoms with E-state index in [4.69, 9.17) is 20.9 Å². The highest BCUT2D eigenvalue weighted by atomic mass is 35.5. The first kappa shape index (κ1) is 16.9. The molecule has 2 aromatic heterocycles. The molecule has 0 N–H and O–H groups in total. The van der Waals surface area contributed by atoms with Crippen molar-refractivity contribution >= 4 is 23.5 Å². The molecule has 0 aliphatic rings. The molecule has 7 nitrogen and oxygen atoms in total. The van der Waals surface area contributed by atoms with Gasteiger partial charge in [-0.15, -0.1) is 0 Å². The van der Waals surface area contributed by atoms with Gasteiger partial charge in [0.25, 0.3) is 0 Å². The third-order valence-electron chi connectivity index (χ3n) is 3.33. The molecule has 0 spiro atoms. The normalized spacial score (nSPS) is 10.5. The zero-order valence-corrected chi connectivity index (χ0v) is 14.2. The van der Waals surface area contributed by atoms with Gasteiger partial charge in [0, 0.05) is 36.1 Å². The third kappa shape index (κ3) is 4.54. The highest BCUT2D eigenvalue weighted by Crippen LogP contribution is 2.21. The molecule has 2 heterocycles. The maximum Gasteiger partial charge on any atom is 0.326 e. The molecule has 0 aliphatic carbocycles. The maximum absolute atomic E-state index is 11.9. The molecule has 1 aromatic carbocycles. The summed E-state index contributed by atoms with van der Waals surface area (Å²) in [6.07, 6.45) is 3.22. The number of aromatic nitrogens is 3. The average Bonchev–Trinajstić information content (AvgIpc) is 3.10. The minimum Gasteiger partial charge on any atom is -0.456 e. The summed E-state index contributed by atoms with van der Waals surface area (Å²) >= 11 is 5.86. The highest BCUT2D eigenvalue weighted by molar-refractivity contribution is 6.30. The second-order valence-electron chi connectivity index (χ2n) is 5.25. The molecule has 25 heavy (non-hydrogen) atoms. The van der Waals surface area contributed by atoms with Gasteiger partial charge in [0.15, 0.2) is 12.4 Å². The van der Waals surface area contributed by atoms with E-state index in [0.717, 1.165) is 5.56 Å². The predicted molar refractivity (Wildman–Crippen MR) is 92.0 cm³/mol. The first-order valence-electron chi connectivity index (χ1n) is 7.47. The van der Waals surface area contributed by atoms with Gasteiger partial charge in [0.1, 0.15) is 12.2 Å². The highest BCUT2D eigenvalue weighted by Gasteiger charge is 2.13. The van der Waals surface area contributed by atoms with Gasteiger partial charge in [-0.05, 0) is 18.2 Å². The number of likely N-dealkylation sites (N-methyl/N-ethyl adjacent to an activating group) is 1. The van der Waals surface area contributed by atoms with E-state index in [1.807, 2.05) is 12.1 Å². The summed E-state index contributed by atoms with van der Waals surface area (Å²) in [6, 6.07) is 10.6. The quantitative estimate of drug-likeness (QED) is 0.626. The standard InChI is InChI=1S/C17H15ClN4O3/c1-22(17-19-7-2-8-20-17)10-16(23)24-11-14-9-15(21-25-14)12-3-5-13(18)6-4-12/h2-9H,10-11H2,1H3. The fourth-order valence-electron chi connectivity index (χ4n) is 2.09. The predicted octanol–water partition coefficient (Wildman–Crippen LogP) is 2.96. The van der Waals surface area contributed by atoms with Gasteiger partial charge in [-0.2, -0.15) is 0 Å². The Kier molecular flexibility index (Phi) is 5.25. The average molecular weight is 359 g/mol. The fourth-order valence-corrected chi connectivity index (χ4v) is 2.21. The van der Waals surface area contributed by atoms with E-state index < -0.39 is 5.97 Å². The number of benzene rings is 1. The minimum absolute atomic E-state index is 0.00289.